The molecule has 0 unspecified atom stereocenters. The molecule has 0 radical (unpaired) electrons. The number of imidazole rings is 1. The van der Waals surface area contributed by atoms with Gasteiger partial charge in [0.15, 0.2) is 11.6 Å². The number of Topliss-reactive ketones (excluding diaryl/α,β-unsaturated/α-hetero) is 1. The quantitative estimate of drug-likeness (QED) is 0.188. The molecular weight excluding hydrogens is 510 g/mol. The number of pyridine rings is 2. The second-order valence-electron chi connectivity index (χ2n) is 9.34. The number of carbonyl (C=O) groups excluding carboxylic acids is 2. The number of anilines is 1. The summed E-state index contributed by atoms with van der Waals surface area (Å²) in [6.45, 7) is 3.62. The number of benzene rings is 1. The summed E-state index contributed by atoms with van der Waals surface area (Å²) in [5, 5.41) is 11.5. The first-order valence-corrected chi connectivity index (χ1v) is 13.5. The van der Waals surface area contributed by atoms with Gasteiger partial charge in [0, 0.05) is 40.2 Å². The molecule has 0 atom stereocenters. The summed E-state index contributed by atoms with van der Waals surface area (Å²) < 4.78 is 0. The van der Waals surface area contributed by atoms with Gasteiger partial charge in [-0.1, -0.05) is 19.4 Å². The smallest absolute Gasteiger partial charge is 0.224 e. The molecule has 39 heavy (non-hydrogen) atoms. The summed E-state index contributed by atoms with van der Waals surface area (Å²) in [4.78, 5) is 42.6. The minimum Gasteiger partial charge on any atom is -0.335 e. The minimum absolute atomic E-state index is 0.0119. The lowest BCUT2D eigenvalue weighted by molar-refractivity contribution is -0.116. The van der Waals surface area contributed by atoms with Crippen molar-refractivity contribution in [2.45, 2.75) is 33.1 Å². The van der Waals surface area contributed by atoms with Gasteiger partial charge in [-0.2, -0.15) is 5.10 Å². The zero-order valence-corrected chi connectivity index (χ0v) is 22.2. The fourth-order valence-corrected chi connectivity index (χ4v) is 5.41. The molecule has 0 fully saturated rings. The van der Waals surface area contributed by atoms with E-state index < -0.39 is 0 Å². The van der Waals surface area contributed by atoms with Crippen LogP contribution in [0.4, 0.5) is 5.69 Å². The maximum Gasteiger partial charge on any atom is 0.224 e. The zero-order valence-electron chi connectivity index (χ0n) is 21.4. The number of nitrogens with zero attached hydrogens (tertiary/aromatic N) is 4. The van der Waals surface area contributed by atoms with E-state index >= 15 is 0 Å². The first kappa shape index (κ1) is 24.6. The van der Waals surface area contributed by atoms with E-state index in [0.717, 1.165) is 56.3 Å². The predicted octanol–water partition coefficient (Wildman–Crippen LogP) is 6.62. The van der Waals surface area contributed by atoms with E-state index in [2.05, 4.69) is 37.4 Å². The van der Waals surface area contributed by atoms with Crippen LogP contribution in [0.3, 0.4) is 0 Å². The topological polar surface area (TPSA) is 129 Å². The Labute approximate surface area is 227 Å². The van der Waals surface area contributed by atoms with E-state index in [-0.39, 0.29) is 11.7 Å². The first-order chi connectivity index (χ1) is 19.0. The molecule has 3 N–H and O–H groups in total. The van der Waals surface area contributed by atoms with Crippen molar-refractivity contribution < 1.29 is 9.59 Å². The van der Waals surface area contributed by atoms with Crippen LogP contribution in [-0.2, 0) is 4.79 Å². The third kappa shape index (κ3) is 4.82. The number of hydrogen-bond donors (Lipinski definition) is 3. The lowest BCUT2D eigenvalue weighted by Crippen LogP contribution is -2.11. The van der Waals surface area contributed by atoms with E-state index in [1.54, 1.807) is 31.7 Å². The van der Waals surface area contributed by atoms with Gasteiger partial charge < -0.3 is 10.3 Å². The fraction of sp³-hybridized carbons (Fsp3) is 0.172. The molecule has 0 aliphatic rings. The van der Waals surface area contributed by atoms with Crippen LogP contribution in [0, 0.1) is 0 Å². The number of fused-ring (bicyclic) bond motifs is 2. The third-order valence-corrected chi connectivity index (χ3v) is 7.73. The molecule has 0 bridgehead atoms. The Morgan fingerprint density at radius 3 is 2.67 bits per heavy atom. The molecule has 10 heteroatoms. The number of nitrogens with one attached hydrogen (secondary N) is 3. The number of thiophene rings is 1. The first-order valence-electron chi connectivity index (χ1n) is 12.7. The highest BCUT2D eigenvalue weighted by Crippen LogP contribution is 2.35. The molecule has 0 saturated heterocycles. The number of unbranched alkanes of at least 4 members (excludes halogenated alkanes) is 1. The number of hydrogen-bond acceptors (Lipinski definition) is 7. The Balaban J connectivity index is 1.36. The summed E-state index contributed by atoms with van der Waals surface area (Å²) in [5.74, 6) is 0.635. The Hall–Kier alpha value is -4.70. The largest absolute Gasteiger partial charge is 0.335 e. The number of ketones is 1. The number of H-pyrrole nitrogens is 2. The monoisotopic (exact) mass is 535 g/mol. The molecule has 0 spiro atoms. The Morgan fingerprint density at radius 1 is 0.974 bits per heavy atom. The average molecular weight is 536 g/mol. The summed E-state index contributed by atoms with van der Waals surface area (Å²) >= 11 is 1.43. The molecule has 1 aromatic carbocycles. The maximum absolute atomic E-state index is 12.2. The number of carbonyl (C=O) groups is 2. The van der Waals surface area contributed by atoms with Crippen LogP contribution in [0.25, 0.3) is 55.0 Å². The summed E-state index contributed by atoms with van der Waals surface area (Å²) in [6.07, 6.45) is 9.25. The van der Waals surface area contributed by atoms with Crippen LogP contribution in [0.2, 0.25) is 0 Å². The number of aromatic amines is 2. The van der Waals surface area contributed by atoms with E-state index in [9.17, 15) is 9.59 Å². The highest BCUT2D eigenvalue weighted by atomic mass is 32.1. The highest BCUT2D eigenvalue weighted by molar-refractivity contribution is 7.17. The van der Waals surface area contributed by atoms with Crippen LogP contribution in [0.1, 0.15) is 42.8 Å². The van der Waals surface area contributed by atoms with Crippen LogP contribution < -0.4 is 5.32 Å². The molecular formula is C29H25N7O2S. The molecule has 5 heterocycles. The van der Waals surface area contributed by atoms with Gasteiger partial charge in [0.05, 0.1) is 34.0 Å². The van der Waals surface area contributed by atoms with E-state index in [1.807, 2.05) is 36.4 Å². The van der Waals surface area contributed by atoms with E-state index in [0.29, 0.717) is 28.5 Å². The van der Waals surface area contributed by atoms with Gasteiger partial charge in [-0.05, 0) is 49.2 Å². The molecule has 6 rings (SSSR count). The van der Waals surface area contributed by atoms with E-state index in [4.69, 9.17) is 4.98 Å². The van der Waals surface area contributed by atoms with Crippen molar-refractivity contribution >= 4 is 50.7 Å². The van der Waals surface area contributed by atoms with Crippen molar-refractivity contribution in [3.05, 3.63) is 66.1 Å². The van der Waals surface area contributed by atoms with E-state index in [1.165, 1.54) is 11.3 Å². The van der Waals surface area contributed by atoms with Crippen molar-refractivity contribution in [2.75, 3.05) is 5.32 Å². The number of aromatic nitrogens is 6. The van der Waals surface area contributed by atoms with Crippen molar-refractivity contribution in [2.24, 2.45) is 0 Å². The molecule has 1 amide bonds. The van der Waals surface area contributed by atoms with Crippen molar-refractivity contribution in [3.63, 3.8) is 0 Å². The van der Waals surface area contributed by atoms with Crippen molar-refractivity contribution in [1.29, 1.82) is 0 Å². The Bertz CT molecular complexity index is 1850. The summed E-state index contributed by atoms with van der Waals surface area (Å²) in [5.41, 5.74) is 6.44. The van der Waals surface area contributed by atoms with Gasteiger partial charge in [0.1, 0.15) is 11.2 Å². The lowest BCUT2D eigenvalue weighted by Gasteiger charge is -2.07. The molecule has 0 aliphatic heterocycles. The standard InChI is InChI=1S/C29H25N7O2S/c1-3-4-5-26(38)32-19-10-18(12-30-13-19)17-6-7-22-20(11-17)28(36-35-22)29-33-23-15-31-14-21(27(23)34-29)25-9-8-24(39-25)16(2)37/h6-15H,3-5H2,1-2H3,(H,32,38)(H,33,34)(H,35,36). The minimum atomic E-state index is -0.0119. The molecule has 6 aromatic rings. The maximum atomic E-state index is 12.2. The lowest BCUT2D eigenvalue weighted by atomic mass is 10.0. The Morgan fingerprint density at radius 2 is 1.85 bits per heavy atom. The van der Waals surface area contributed by atoms with Gasteiger partial charge in [0.2, 0.25) is 5.91 Å². The molecule has 5 aromatic heterocycles. The third-order valence-electron chi connectivity index (χ3n) is 6.51. The molecule has 0 aliphatic carbocycles. The molecule has 9 nitrogen and oxygen atoms in total. The molecule has 194 valence electrons. The molecule has 0 saturated carbocycles. The zero-order chi connectivity index (χ0) is 26.9. The SMILES string of the molecule is CCCCC(=O)Nc1cncc(-c2ccc3[nH]nc(-c4nc5c(-c6ccc(C(C)=O)s6)cncc5[nH]4)c3c2)c1. The van der Waals surface area contributed by atoms with Crippen molar-refractivity contribution in [3.8, 4) is 33.1 Å². The average Bonchev–Trinajstić information content (AvgIpc) is 3.69. The normalized spacial score (nSPS) is 11.3. The van der Waals surface area contributed by atoms with Gasteiger partial charge in [-0.25, -0.2) is 4.98 Å². The second-order valence-corrected chi connectivity index (χ2v) is 10.4. The van der Waals surface area contributed by atoms with Crippen LogP contribution in [0.15, 0.2) is 61.2 Å². The van der Waals surface area contributed by atoms with Gasteiger partial charge >= 0.3 is 0 Å². The predicted molar refractivity (Wildman–Crippen MR) is 154 cm³/mol. The van der Waals surface area contributed by atoms with Gasteiger partial charge in [0.25, 0.3) is 0 Å². The summed E-state index contributed by atoms with van der Waals surface area (Å²) in [7, 11) is 0. The van der Waals surface area contributed by atoms with Crippen molar-refractivity contribution in [1.82, 2.24) is 30.1 Å². The fourth-order valence-electron chi connectivity index (χ4n) is 4.50. The summed E-state index contributed by atoms with van der Waals surface area (Å²) in [6, 6.07) is 11.7. The van der Waals surface area contributed by atoms with Crippen LogP contribution in [-0.4, -0.2) is 41.8 Å². The van der Waals surface area contributed by atoms with Crippen LogP contribution in [0.5, 0.6) is 0 Å². The second kappa shape index (κ2) is 10.2. The highest BCUT2D eigenvalue weighted by Gasteiger charge is 2.17. The van der Waals surface area contributed by atoms with Gasteiger partial charge in [-0.3, -0.25) is 24.7 Å². The van der Waals surface area contributed by atoms with Gasteiger partial charge in [-0.15, -0.1) is 11.3 Å². The Kier molecular flexibility index (Phi) is 6.45. The van der Waals surface area contributed by atoms with Crippen LogP contribution >= 0.6 is 11.3 Å². The number of amides is 1. The number of rotatable bonds is 8.